The summed E-state index contributed by atoms with van der Waals surface area (Å²) in [5.74, 6) is 4.49. The van der Waals surface area contributed by atoms with Gasteiger partial charge in [-0.15, -0.1) is 6.42 Å². The Morgan fingerprint density at radius 2 is 2.06 bits per heavy atom. The largest absolute Gasteiger partial charge is 0.493 e. The van der Waals surface area contributed by atoms with E-state index in [0.29, 0.717) is 35.8 Å². The van der Waals surface area contributed by atoms with E-state index >= 15 is 0 Å². The zero-order chi connectivity index (χ0) is 23.5. The number of carbonyl (C=O) groups excluding carboxylic acids is 1. The molecule has 1 aliphatic rings. The highest BCUT2D eigenvalue weighted by atomic mass is 16.5. The number of amides is 1. The van der Waals surface area contributed by atoms with Crippen LogP contribution in [0.3, 0.4) is 0 Å². The first-order valence-electron chi connectivity index (χ1n) is 10.6. The Kier molecular flexibility index (Phi) is 6.33. The van der Waals surface area contributed by atoms with Gasteiger partial charge in [-0.25, -0.2) is 9.97 Å². The zero-order valence-electron chi connectivity index (χ0n) is 19.2. The van der Waals surface area contributed by atoms with Gasteiger partial charge in [0.1, 0.15) is 18.2 Å². The first-order valence-corrected chi connectivity index (χ1v) is 10.6. The van der Waals surface area contributed by atoms with Crippen LogP contribution in [0, 0.1) is 12.3 Å². The Morgan fingerprint density at radius 3 is 2.79 bits per heavy atom. The Labute approximate surface area is 193 Å². The van der Waals surface area contributed by atoms with Crippen LogP contribution in [-0.2, 0) is 4.79 Å². The number of aromatic nitrogens is 2. The molecular weight excluding hydrogens is 418 g/mol. The number of fused-ring (bicyclic) bond motifs is 1. The maximum atomic E-state index is 12.5. The molecule has 8 heteroatoms. The highest BCUT2D eigenvalue weighted by Gasteiger charge is 2.36. The topological polar surface area (TPSA) is 79.8 Å². The van der Waals surface area contributed by atoms with Gasteiger partial charge in [0.05, 0.1) is 18.7 Å². The van der Waals surface area contributed by atoms with Gasteiger partial charge in [0.15, 0.2) is 11.5 Å². The average Bonchev–Trinajstić information content (AvgIpc) is 3.18. The van der Waals surface area contributed by atoms with Gasteiger partial charge in [0.25, 0.3) is 0 Å². The summed E-state index contributed by atoms with van der Waals surface area (Å²) in [6, 6.07) is 11.1. The molecule has 1 saturated heterocycles. The number of rotatable bonds is 6. The predicted octanol–water partition coefficient (Wildman–Crippen LogP) is 2.90. The van der Waals surface area contributed by atoms with Crippen molar-refractivity contribution in [1.82, 2.24) is 19.8 Å². The van der Waals surface area contributed by atoms with Crippen LogP contribution in [0.15, 0.2) is 42.7 Å². The van der Waals surface area contributed by atoms with Gasteiger partial charge in [0, 0.05) is 49.8 Å². The molecule has 0 radical (unpaired) electrons. The van der Waals surface area contributed by atoms with E-state index in [2.05, 4.69) is 21.2 Å². The lowest BCUT2D eigenvalue weighted by Crippen LogP contribution is -2.40. The third-order valence-electron chi connectivity index (χ3n) is 5.74. The molecular formula is C25H27N5O3. The van der Waals surface area contributed by atoms with Crippen LogP contribution in [0.25, 0.3) is 10.9 Å². The van der Waals surface area contributed by atoms with Crippen molar-refractivity contribution >= 4 is 28.3 Å². The van der Waals surface area contributed by atoms with Crippen molar-refractivity contribution < 1.29 is 14.3 Å². The van der Waals surface area contributed by atoms with Crippen LogP contribution in [0.5, 0.6) is 11.5 Å². The number of nitrogens with zero attached hydrogens (tertiary/aromatic N) is 4. The fraction of sp³-hybridized carbons (Fsp3) is 0.320. The minimum absolute atomic E-state index is 0.0724. The second kappa shape index (κ2) is 9.35. The molecule has 33 heavy (non-hydrogen) atoms. The van der Waals surface area contributed by atoms with Gasteiger partial charge >= 0.3 is 0 Å². The van der Waals surface area contributed by atoms with Crippen molar-refractivity contribution in [3.05, 3.63) is 48.3 Å². The number of anilines is 2. The lowest BCUT2D eigenvalue weighted by molar-refractivity contribution is -0.133. The first-order chi connectivity index (χ1) is 15.9. The Bertz CT molecular complexity index is 1220. The molecule has 3 aromatic rings. The molecule has 1 aliphatic heterocycles. The summed E-state index contributed by atoms with van der Waals surface area (Å²) in [5, 5.41) is 4.10. The van der Waals surface area contributed by atoms with Crippen LogP contribution in [0.4, 0.5) is 11.5 Å². The van der Waals surface area contributed by atoms with E-state index < -0.39 is 0 Å². The van der Waals surface area contributed by atoms with Crippen molar-refractivity contribution in [3.63, 3.8) is 0 Å². The van der Waals surface area contributed by atoms with Gasteiger partial charge in [-0.05, 0) is 31.3 Å². The summed E-state index contributed by atoms with van der Waals surface area (Å²) in [6.07, 6.45) is 7.48. The quantitative estimate of drug-likeness (QED) is 0.585. The summed E-state index contributed by atoms with van der Waals surface area (Å²) in [5.41, 5.74) is 2.32. The van der Waals surface area contributed by atoms with E-state index in [1.807, 2.05) is 48.3 Å². The molecule has 170 valence electrons. The molecule has 1 N–H and O–H groups in total. The standard InChI is InChI=1S/C25H27N5O3/c1-6-16-8-7-9-17(10-16)28-24-19-12-23(22(32-5)13-20(19)26-15-27-24)33-18-11-21(30(4)14-18)25(31)29(2)3/h1,7-10,12-13,15,18,21H,11,14H2,2-5H3,(H,26,27,28)/t18-,21+/m0/s1. The lowest BCUT2D eigenvalue weighted by Gasteiger charge is -2.21. The minimum Gasteiger partial charge on any atom is -0.493 e. The Morgan fingerprint density at radius 1 is 1.24 bits per heavy atom. The molecule has 2 heterocycles. The number of ether oxygens (including phenoxy) is 2. The van der Waals surface area contributed by atoms with Gasteiger partial charge in [-0.3, -0.25) is 9.69 Å². The second-order valence-corrected chi connectivity index (χ2v) is 8.26. The number of benzene rings is 2. The SMILES string of the molecule is C#Cc1cccc(Nc2ncnc3cc(OC)c(O[C@H]4C[C@H](C(=O)N(C)C)N(C)C4)cc23)c1. The van der Waals surface area contributed by atoms with Crippen molar-refractivity contribution in [1.29, 1.82) is 0 Å². The van der Waals surface area contributed by atoms with Crippen LogP contribution in [-0.4, -0.2) is 72.6 Å². The molecule has 2 aromatic carbocycles. The third-order valence-corrected chi connectivity index (χ3v) is 5.74. The third kappa shape index (κ3) is 4.69. The predicted molar refractivity (Wildman–Crippen MR) is 128 cm³/mol. The van der Waals surface area contributed by atoms with Crippen LogP contribution < -0.4 is 14.8 Å². The van der Waals surface area contributed by atoms with E-state index in [9.17, 15) is 4.79 Å². The summed E-state index contributed by atoms with van der Waals surface area (Å²) >= 11 is 0. The van der Waals surface area contributed by atoms with Crippen LogP contribution in [0.1, 0.15) is 12.0 Å². The molecule has 0 spiro atoms. The molecule has 8 nitrogen and oxygen atoms in total. The molecule has 0 saturated carbocycles. The number of hydrogen-bond acceptors (Lipinski definition) is 7. The van der Waals surface area contributed by atoms with Crippen molar-refractivity contribution in [3.8, 4) is 23.8 Å². The second-order valence-electron chi connectivity index (χ2n) is 8.26. The minimum atomic E-state index is -0.208. The van der Waals surface area contributed by atoms with Crippen molar-refractivity contribution in [2.24, 2.45) is 0 Å². The Balaban J connectivity index is 1.64. The number of terminal acetylenes is 1. The van der Waals surface area contributed by atoms with E-state index in [-0.39, 0.29) is 18.1 Å². The smallest absolute Gasteiger partial charge is 0.239 e. The maximum Gasteiger partial charge on any atom is 0.239 e. The summed E-state index contributed by atoms with van der Waals surface area (Å²) in [4.78, 5) is 24.9. The van der Waals surface area contributed by atoms with Gasteiger partial charge < -0.3 is 19.7 Å². The highest BCUT2D eigenvalue weighted by molar-refractivity contribution is 5.93. The first kappa shape index (κ1) is 22.4. The molecule has 4 rings (SSSR count). The number of hydrogen-bond donors (Lipinski definition) is 1. The number of methoxy groups -OCH3 is 1. The molecule has 2 atom stereocenters. The number of carbonyl (C=O) groups is 1. The molecule has 1 amide bonds. The molecule has 0 bridgehead atoms. The fourth-order valence-electron chi connectivity index (χ4n) is 4.04. The summed E-state index contributed by atoms with van der Waals surface area (Å²) in [6.45, 7) is 0.640. The number of likely N-dealkylation sites (N-methyl/N-ethyl adjacent to an activating group) is 2. The van der Waals surface area contributed by atoms with E-state index in [1.54, 1.807) is 26.1 Å². The average molecular weight is 446 g/mol. The molecule has 1 fully saturated rings. The Hall–Kier alpha value is -3.83. The maximum absolute atomic E-state index is 12.5. The molecule has 0 aliphatic carbocycles. The van der Waals surface area contributed by atoms with E-state index in [4.69, 9.17) is 15.9 Å². The van der Waals surface area contributed by atoms with Crippen LogP contribution in [0.2, 0.25) is 0 Å². The van der Waals surface area contributed by atoms with E-state index in [0.717, 1.165) is 16.6 Å². The summed E-state index contributed by atoms with van der Waals surface area (Å²) in [7, 11) is 7.07. The highest BCUT2D eigenvalue weighted by Crippen LogP contribution is 2.36. The van der Waals surface area contributed by atoms with Crippen molar-refractivity contribution in [2.45, 2.75) is 18.6 Å². The number of nitrogens with one attached hydrogen (secondary N) is 1. The fourth-order valence-corrected chi connectivity index (χ4v) is 4.04. The monoisotopic (exact) mass is 445 g/mol. The van der Waals surface area contributed by atoms with Gasteiger partial charge in [-0.2, -0.15) is 0 Å². The molecule has 0 unspecified atom stereocenters. The van der Waals surface area contributed by atoms with Gasteiger partial charge in [0.2, 0.25) is 5.91 Å². The normalized spacial score (nSPS) is 18.0. The molecule has 1 aromatic heterocycles. The van der Waals surface area contributed by atoms with Crippen molar-refractivity contribution in [2.75, 3.05) is 40.1 Å². The number of likely N-dealkylation sites (tertiary alicyclic amines) is 1. The summed E-state index contributed by atoms with van der Waals surface area (Å²) < 4.78 is 11.9. The van der Waals surface area contributed by atoms with Crippen LogP contribution >= 0.6 is 0 Å². The zero-order valence-corrected chi connectivity index (χ0v) is 19.2. The van der Waals surface area contributed by atoms with Gasteiger partial charge in [-0.1, -0.05) is 12.0 Å². The van der Waals surface area contributed by atoms with E-state index in [1.165, 1.54) is 6.33 Å². The lowest BCUT2D eigenvalue weighted by atomic mass is 10.1.